The van der Waals surface area contributed by atoms with E-state index in [1.54, 1.807) is 41.3 Å². The lowest BCUT2D eigenvalue weighted by molar-refractivity contribution is -0.120. The predicted molar refractivity (Wildman–Crippen MR) is 135 cm³/mol. The van der Waals surface area contributed by atoms with Gasteiger partial charge in [-0.05, 0) is 68.3 Å². The van der Waals surface area contributed by atoms with Crippen molar-refractivity contribution in [1.29, 1.82) is 0 Å². The van der Waals surface area contributed by atoms with Gasteiger partial charge >= 0.3 is 6.03 Å². The number of carbonyl (C=O) groups excluding carboxylic acids is 3. The highest BCUT2D eigenvalue weighted by atomic mass is 16.5. The van der Waals surface area contributed by atoms with E-state index in [2.05, 4.69) is 16.6 Å². The fourth-order valence-electron chi connectivity index (χ4n) is 4.50. The number of hydrogen-bond donors (Lipinski definition) is 2. The van der Waals surface area contributed by atoms with Crippen LogP contribution in [0.15, 0.2) is 48.5 Å². The van der Waals surface area contributed by atoms with Gasteiger partial charge in [-0.1, -0.05) is 5.92 Å². The maximum Gasteiger partial charge on any atom is 0.322 e. The highest BCUT2D eigenvalue weighted by Gasteiger charge is 2.40. The molecule has 2 atom stereocenters. The molecule has 2 heterocycles. The van der Waals surface area contributed by atoms with Gasteiger partial charge in [-0.15, -0.1) is 6.42 Å². The first kappa shape index (κ1) is 24.3. The number of ether oxygens (including phenoxy) is 1. The van der Waals surface area contributed by atoms with Gasteiger partial charge in [0.05, 0.1) is 6.10 Å². The van der Waals surface area contributed by atoms with Crippen molar-refractivity contribution in [3.05, 3.63) is 54.1 Å². The summed E-state index contributed by atoms with van der Waals surface area (Å²) in [4.78, 5) is 41.7. The SMILES string of the molecule is C#Cc1ccc(NC(=O)N2C[C@H](OCC)C[C@@H]2C(=O)Nc2ccc(N3CCCCC3=O)cc2)cc1. The van der Waals surface area contributed by atoms with Crippen LogP contribution < -0.4 is 15.5 Å². The Hall–Kier alpha value is -3.83. The number of nitrogens with one attached hydrogen (secondary N) is 2. The first-order valence-corrected chi connectivity index (χ1v) is 12.0. The molecule has 0 spiro atoms. The fraction of sp³-hybridized carbons (Fsp3) is 0.370. The topological polar surface area (TPSA) is 91.0 Å². The molecule has 2 fully saturated rings. The number of urea groups is 1. The average Bonchev–Trinajstić information content (AvgIpc) is 3.30. The average molecular weight is 475 g/mol. The number of nitrogens with zero attached hydrogens (tertiary/aromatic N) is 2. The second kappa shape index (κ2) is 11.1. The monoisotopic (exact) mass is 474 g/mol. The van der Waals surface area contributed by atoms with Gasteiger partial charge in [0.15, 0.2) is 0 Å². The summed E-state index contributed by atoms with van der Waals surface area (Å²) < 4.78 is 5.73. The molecule has 8 heteroatoms. The van der Waals surface area contributed by atoms with Crippen molar-refractivity contribution >= 4 is 34.9 Å². The van der Waals surface area contributed by atoms with E-state index < -0.39 is 6.04 Å². The molecule has 0 aromatic heterocycles. The molecule has 0 unspecified atom stereocenters. The van der Waals surface area contributed by atoms with Crippen LogP contribution in [0.4, 0.5) is 21.9 Å². The summed E-state index contributed by atoms with van der Waals surface area (Å²) in [5, 5.41) is 5.75. The van der Waals surface area contributed by atoms with Crippen LogP contribution in [0.5, 0.6) is 0 Å². The molecule has 0 bridgehead atoms. The third kappa shape index (κ3) is 5.81. The van der Waals surface area contributed by atoms with Crippen molar-refractivity contribution < 1.29 is 19.1 Å². The third-order valence-electron chi connectivity index (χ3n) is 6.30. The molecule has 8 nitrogen and oxygen atoms in total. The van der Waals surface area contributed by atoms with Gasteiger partial charge in [-0.2, -0.15) is 0 Å². The van der Waals surface area contributed by atoms with E-state index in [9.17, 15) is 14.4 Å². The van der Waals surface area contributed by atoms with E-state index in [0.29, 0.717) is 49.5 Å². The molecule has 2 aromatic carbocycles. The van der Waals surface area contributed by atoms with Crippen LogP contribution in [0.1, 0.15) is 38.2 Å². The summed E-state index contributed by atoms with van der Waals surface area (Å²) in [6, 6.07) is 13.1. The van der Waals surface area contributed by atoms with E-state index in [1.165, 1.54) is 4.90 Å². The van der Waals surface area contributed by atoms with E-state index in [4.69, 9.17) is 11.2 Å². The molecule has 2 aliphatic heterocycles. The van der Waals surface area contributed by atoms with Gasteiger partial charge in [-0.25, -0.2) is 4.79 Å². The Kier molecular flexibility index (Phi) is 7.68. The number of anilines is 3. The van der Waals surface area contributed by atoms with Crippen LogP contribution in [-0.2, 0) is 14.3 Å². The fourth-order valence-corrected chi connectivity index (χ4v) is 4.50. The molecule has 0 aliphatic carbocycles. The molecule has 0 saturated carbocycles. The van der Waals surface area contributed by atoms with Gasteiger partial charge in [0.25, 0.3) is 0 Å². The molecular formula is C27H30N4O4. The second-order valence-electron chi connectivity index (χ2n) is 8.67. The predicted octanol–water partition coefficient (Wildman–Crippen LogP) is 3.83. The zero-order valence-corrected chi connectivity index (χ0v) is 19.8. The summed E-state index contributed by atoms with van der Waals surface area (Å²) >= 11 is 0. The van der Waals surface area contributed by atoms with E-state index >= 15 is 0 Å². The molecule has 4 rings (SSSR count). The lowest BCUT2D eigenvalue weighted by atomic mass is 10.1. The molecule has 182 valence electrons. The number of rotatable bonds is 6. The number of carbonyl (C=O) groups is 3. The van der Waals surface area contributed by atoms with E-state index in [0.717, 1.165) is 18.5 Å². The maximum absolute atomic E-state index is 13.2. The summed E-state index contributed by atoms with van der Waals surface area (Å²) in [6.07, 6.45) is 8.04. The van der Waals surface area contributed by atoms with Gasteiger partial charge < -0.3 is 25.2 Å². The van der Waals surface area contributed by atoms with Crippen molar-refractivity contribution in [3.8, 4) is 12.3 Å². The third-order valence-corrected chi connectivity index (χ3v) is 6.30. The number of benzene rings is 2. The molecule has 2 saturated heterocycles. The minimum atomic E-state index is -0.681. The van der Waals surface area contributed by atoms with Gasteiger partial charge in [0, 0.05) is 55.2 Å². The zero-order valence-electron chi connectivity index (χ0n) is 19.8. The first-order chi connectivity index (χ1) is 17.0. The number of amides is 4. The summed E-state index contributed by atoms with van der Waals surface area (Å²) in [5.74, 6) is 2.38. The van der Waals surface area contributed by atoms with Gasteiger partial charge in [-0.3, -0.25) is 9.59 Å². The van der Waals surface area contributed by atoms with Gasteiger partial charge in [0.2, 0.25) is 11.8 Å². The highest BCUT2D eigenvalue weighted by molar-refractivity contribution is 6.00. The maximum atomic E-state index is 13.2. The molecule has 35 heavy (non-hydrogen) atoms. The molecule has 0 radical (unpaired) electrons. The van der Waals surface area contributed by atoms with Crippen LogP contribution in [0, 0.1) is 12.3 Å². The molecule has 2 N–H and O–H groups in total. The quantitative estimate of drug-likeness (QED) is 0.623. The Balaban J connectivity index is 1.43. The number of piperidine rings is 1. The van der Waals surface area contributed by atoms with Crippen LogP contribution in [0.25, 0.3) is 0 Å². The molecular weight excluding hydrogens is 444 g/mol. The Morgan fingerprint density at radius 3 is 2.40 bits per heavy atom. The normalized spacial score (nSPS) is 19.8. The summed E-state index contributed by atoms with van der Waals surface area (Å²) in [7, 11) is 0. The minimum Gasteiger partial charge on any atom is -0.377 e. The van der Waals surface area contributed by atoms with Gasteiger partial charge in [0.1, 0.15) is 6.04 Å². The first-order valence-electron chi connectivity index (χ1n) is 12.0. The summed E-state index contributed by atoms with van der Waals surface area (Å²) in [5.41, 5.74) is 2.74. The van der Waals surface area contributed by atoms with E-state index in [-0.39, 0.29) is 23.9 Å². The lowest BCUT2D eigenvalue weighted by Crippen LogP contribution is -2.45. The van der Waals surface area contributed by atoms with Crippen molar-refractivity contribution in [2.24, 2.45) is 0 Å². The highest BCUT2D eigenvalue weighted by Crippen LogP contribution is 2.26. The smallest absolute Gasteiger partial charge is 0.322 e. The van der Waals surface area contributed by atoms with Crippen LogP contribution in [-0.4, -0.2) is 54.6 Å². The Bertz CT molecular complexity index is 1110. The largest absolute Gasteiger partial charge is 0.377 e. The Morgan fingerprint density at radius 2 is 1.74 bits per heavy atom. The summed E-state index contributed by atoms with van der Waals surface area (Å²) in [6.45, 7) is 3.41. The molecule has 4 amide bonds. The zero-order chi connectivity index (χ0) is 24.8. The van der Waals surface area contributed by atoms with Crippen molar-refractivity contribution in [2.45, 2.75) is 44.8 Å². The molecule has 2 aliphatic rings. The standard InChI is InChI=1S/C27H30N4O4/c1-3-19-8-10-21(11-9-19)29-27(34)31-18-23(35-4-2)17-24(31)26(33)28-20-12-14-22(15-13-20)30-16-6-5-7-25(30)32/h1,8-15,23-24H,4-7,16-18H2,2H3,(H,28,33)(H,29,34)/t23-,24-/m1/s1. The minimum absolute atomic E-state index is 0.122. The van der Waals surface area contributed by atoms with Crippen molar-refractivity contribution in [3.63, 3.8) is 0 Å². The van der Waals surface area contributed by atoms with E-state index in [1.807, 2.05) is 19.1 Å². The lowest BCUT2D eigenvalue weighted by Gasteiger charge is -2.27. The van der Waals surface area contributed by atoms with Crippen LogP contribution >= 0.6 is 0 Å². The number of likely N-dealkylation sites (tertiary alicyclic amines) is 1. The van der Waals surface area contributed by atoms with Crippen LogP contribution in [0.3, 0.4) is 0 Å². The number of terminal acetylenes is 1. The molecule has 2 aromatic rings. The Labute approximate surface area is 205 Å². The Morgan fingerprint density at radius 1 is 1.06 bits per heavy atom. The second-order valence-corrected chi connectivity index (χ2v) is 8.67. The van der Waals surface area contributed by atoms with Crippen molar-refractivity contribution in [2.75, 3.05) is 35.2 Å². The van der Waals surface area contributed by atoms with Crippen LogP contribution in [0.2, 0.25) is 0 Å². The van der Waals surface area contributed by atoms with Crippen molar-refractivity contribution in [1.82, 2.24) is 4.90 Å². The number of hydrogen-bond acceptors (Lipinski definition) is 4.